The lowest BCUT2D eigenvalue weighted by atomic mass is 9.96. The van der Waals surface area contributed by atoms with E-state index in [9.17, 15) is 14.7 Å². The van der Waals surface area contributed by atoms with Crippen molar-refractivity contribution < 1.29 is 14.7 Å². The molecule has 0 heterocycles. The monoisotopic (exact) mass is 292 g/mol. The molecule has 0 aliphatic rings. The molecule has 0 spiro atoms. The number of anilines is 1. The lowest BCUT2D eigenvalue weighted by Gasteiger charge is -2.26. The van der Waals surface area contributed by atoms with E-state index in [1.165, 1.54) is 6.07 Å². The van der Waals surface area contributed by atoms with Gasteiger partial charge in [0.1, 0.15) is 0 Å². The fraction of sp³-hybridized carbons (Fsp3) is 0.500. The molecule has 0 radical (unpaired) electrons. The topological polar surface area (TPSA) is 69.6 Å². The summed E-state index contributed by atoms with van der Waals surface area (Å²) in [6, 6.07) is 3.03. The summed E-state index contributed by atoms with van der Waals surface area (Å²) >= 11 is 0. The van der Waals surface area contributed by atoms with Crippen molar-refractivity contribution in [2.24, 2.45) is 5.41 Å². The van der Waals surface area contributed by atoms with Crippen LogP contribution in [0, 0.1) is 19.3 Å². The number of urea groups is 1. The van der Waals surface area contributed by atoms with Crippen LogP contribution in [0.25, 0.3) is 0 Å². The second kappa shape index (κ2) is 6.16. The maximum absolute atomic E-state index is 12.1. The number of carbonyl (C=O) groups is 2. The minimum absolute atomic E-state index is 0.00150. The number of aromatic carboxylic acids is 1. The van der Waals surface area contributed by atoms with Gasteiger partial charge in [0.05, 0.1) is 5.56 Å². The maximum Gasteiger partial charge on any atom is 0.336 e. The molecular formula is C16H24N2O3. The molecule has 0 aliphatic carbocycles. The number of hydrogen-bond donors (Lipinski definition) is 2. The Kier molecular flexibility index (Phi) is 4.99. The van der Waals surface area contributed by atoms with E-state index in [4.69, 9.17) is 0 Å². The standard InChI is InChI=1S/C16H24N2O3/c1-10-7-12(8-13(11(10)2)14(19)20)17-15(21)18(6)9-16(3,4)5/h7-8H,9H2,1-6H3,(H,17,21)(H,19,20). The van der Waals surface area contributed by atoms with Crippen LogP contribution in [-0.4, -0.2) is 35.6 Å². The highest BCUT2D eigenvalue weighted by atomic mass is 16.4. The Morgan fingerprint density at radius 2 is 1.81 bits per heavy atom. The average molecular weight is 292 g/mol. The number of amides is 2. The number of carbonyl (C=O) groups excluding carboxylic acids is 1. The summed E-state index contributed by atoms with van der Waals surface area (Å²) in [5.41, 5.74) is 2.26. The highest BCUT2D eigenvalue weighted by molar-refractivity contribution is 5.94. The van der Waals surface area contributed by atoms with Crippen molar-refractivity contribution in [3.8, 4) is 0 Å². The first kappa shape index (κ1) is 17.0. The van der Waals surface area contributed by atoms with Crippen LogP contribution in [0.4, 0.5) is 10.5 Å². The molecule has 5 heteroatoms. The van der Waals surface area contributed by atoms with Gasteiger partial charge in [0.2, 0.25) is 0 Å². The molecule has 0 saturated carbocycles. The van der Waals surface area contributed by atoms with E-state index < -0.39 is 5.97 Å². The van der Waals surface area contributed by atoms with Crippen molar-refractivity contribution >= 4 is 17.7 Å². The van der Waals surface area contributed by atoms with Crippen molar-refractivity contribution in [1.29, 1.82) is 0 Å². The van der Waals surface area contributed by atoms with Crippen LogP contribution >= 0.6 is 0 Å². The van der Waals surface area contributed by atoms with Gasteiger partial charge in [0.25, 0.3) is 0 Å². The summed E-state index contributed by atoms with van der Waals surface area (Å²) in [5.74, 6) is -0.991. The molecule has 0 fully saturated rings. The largest absolute Gasteiger partial charge is 0.478 e. The molecule has 0 atom stereocenters. The van der Waals surface area contributed by atoms with Crippen molar-refractivity contribution in [2.45, 2.75) is 34.6 Å². The zero-order chi connectivity index (χ0) is 16.4. The average Bonchev–Trinajstić information content (AvgIpc) is 2.30. The second-order valence-corrected chi connectivity index (χ2v) is 6.62. The van der Waals surface area contributed by atoms with Gasteiger partial charge in [0.15, 0.2) is 0 Å². The van der Waals surface area contributed by atoms with Gasteiger partial charge in [-0.25, -0.2) is 9.59 Å². The van der Waals surface area contributed by atoms with Crippen LogP contribution < -0.4 is 5.32 Å². The summed E-state index contributed by atoms with van der Waals surface area (Å²) in [6.45, 7) is 10.3. The Morgan fingerprint density at radius 3 is 2.29 bits per heavy atom. The van der Waals surface area contributed by atoms with Gasteiger partial charge < -0.3 is 15.3 Å². The Bertz CT molecular complexity index is 559. The van der Waals surface area contributed by atoms with Crippen molar-refractivity contribution in [3.05, 3.63) is 28.8 Å². The lowest BCUT2D eigenvalue weighted by Crippen LogP contribution is -2.37. The van der Waals surface area contributed by atoms with E-state index in [0.717, 1.165) is 5.56 Å². The van der Waals surface area contributed by atoms with Gasteiger partial charge in [-0.15, -0.1) is 0 Å². The Morgan fingerprint density at radius 1 is 1.24 bits per heavy atom. The molecule has 1 aromatic rings. The summed E-state index contributed by atoms with van der Waals surface area (Å²) in [7, 11) is 1.72. The third-order valence-corrected chi connectivity index (χ3v) is 3.21. The predicted molar refractivity (Wildman–Crippen MR) is 84.0 cm³/mol. The van der Waals surface area contributed by atoms with Gasteiger partial charge in [-0.2, -0.15) is 0 Å². The van der Waals surface area contributed by atoms with E-state index in [0.29, 0.717) is 17.8 Å². The number of hydrogen-bond acceptors (Lipinski definition) is 2. The molecule has 116 valence electrons. The predicted octanol–water partition coefficient (Wildman–Crippen LogP) is 3.51. The van der Waals surface area contributed by atoms with Gasteiger partial charge in [-0.05, 0) is 42.5 Å². The minimum Gasteiger partial charge on any atom is -0.478 e. The summed E-state index contributed by atoms with van der Waals surface area (Å²) in [4.78, 5) is 24.9. The number of nitrogens with zero attached hydrogens (tertiary/aromatic N) is 1. The molecule has 21 heavy (non-hydrogen) atoms. The molecule has 0 saturated heterocycles. The van der Waals surface area contributed by atoms with Gasteiger partial charge in [-0.3, -0.25) is 0 Å². The van der Waals surface area contributed by atoms with Gasteiger partial charge >= 0.3 is 12.0 Å². The van der Waals surface area contributed by atoms with Crippen molar-refractivity contribution in [2.75, 3.05) is 18.9 Å². The SMILES string of the molecule is Cc1cc(NC(=O)N(C)CC(C)(C)C)cc(C(=O)O)c1C. The van der Waals surface area contributed by atoms with E-state index >= 15 is 0 Å². The second-order valence-electron chi connectivity index (χ2n) is 6.62. The minimum atomic E-state index is -0.991. The van der Waals surface area contributed by atoms with Gasteiger partial charge in [0, 0.05) is 19.3 Å². The summed E-state index contributed by atoms with van der Waals surface area (Å²) in [6.07, 6.45) is 0. The van der Waals surface area contributed by atoms with Crippen LogP contribution in [0.15, 0.2) is 12.1 Å². The van der Waals surface area contributed by atoms with Gasteiger partial charge in [-0.1, -0.05) is 20.8 Å². The summed E-state index contributed by atoms with van der Waals surface area (Å²) in [5, 5.41) is 11.9. The van der Waals surface area contributed by atoms with Crippen LogP contribution in [-0.2, 0) is 0 Å². The van der Waals surface area contributed by atoms with Crippen molar-refractivity contribution in [1.82, 2.24) is 4.90 Å². The first-order valence-electron chi connectivity index (χ1n) is 6.88. The first-order valence-corrected chi connectivity index (χ1v) is 6.88. The molecule has 1 rings (SSSR count). The van der Waals surface area contributed by atoms with Crippen LogP contribution in [0.5, 0.6) is 0 Å². The highest BCUT2D eigenvalue weighted by Crippen LogP contribution is 2.21. The molecule has 0 unspecified atom stereocenters. The molecule has 5 nitrogen and oxygen atoms in total. The van der Waals surface area contributed by atoms with Crippen LogP contribution in [0.3, 0.4) is 0 Å². The van der Waals surface area contributed by atoms with Crippen LogP contribution in [0.1, 0.15) is 42.3 Å². The van der Waals surface area contributed by atoms with Crippen LogP contribution in [0.2, 0.25) is 0 Å². The zero-order valence-electron chi connectivity index (χ0n) is 13.6. The Labute approximate surface area is 126 Å². The molecule has 0 bridgehead atoms. The quantitative estimate of drug-likeness (QED) is 0.895. The number of carboxylic acid groups (broad SMARTS) is 1. The fourth-order valence-corrected chi connectivity index (χ4v) is 2.16. The Balaban J connectivity index is 2.93. The smallest absolute Gasteiger partial charge is 0.336 e. The maximum atomic E-state index is 12.1. The Hall–Kier alpha value is -2.04. The molecule has 1 aromatic carbocycles. The van der Waals surface area contributed by atoms with E-state index in [1.54, 1.807) is 24.9 Å². The molecule has 2 amide bonds. The number of rotatable bonds is 3. The third kappa shape index (κ3) is 4.77. The van der Waals surface area contributed by atoms with E-state index in [1.807, 2.05) is 6.92 Å². The number of nitrogens with one attached hydrogen (secondary N) is 1. The number of carboxylic acids is 1. The third-order valence-electron chi connectivity index (χ3n) is 3.21. The molecule has 2 N–H and O–H groups in total. The van der Waals surface area contributed by atoms with E-state index in [-0.39, 0.29) is 17.0 Å². The highest BCUT2D eigenvalue weighted by Gasteiger charge is 2.18. The normalized spacial score (nSPS) is 11.1. The fourth-order valence-electron chi connectivity index (χ4n) is 2.16. The zero-order valence-corrected chi connectivity index (χ0v) is 13.6. The van der Waals surface area contributed by atoms with E-state index in [2.05, 4.69) is 26.1 Å². The van der Waals surface area contributed by atoms with Crippen molar-refractivity contribution in [3.63, 3.8) is 0 Å². The molecule has 0 aromatic heterocycles. The molecule has 0 aliphatic heterocycles. The first-order chi connectivity index (χ1) is 9.51. The number of aryl methyl sites for hydroxylation is 1. The lowest BCUT2D eigenvalue weighted by molar-refractivity contribution is 0.0696. The number of benzene rings is 1. The summed E-state index contributed by atoms with van der Waals surface area (Å²) < 4.78 is 0. The molecular weight excluding hydrogens is 268 g/mol.